The van der Waals surface area contributed by atoms with E-state index in [0.29, 0.717) is 6.54 Å². The van der Waals surface area contributed by atoms with Crippen LogP contribution in [0.1, 0.15) is 12.5 Å². The topological polar surface area (TPSA) is 66.5 Å². The van der Waals surface area contributed by atoms with Crippen molar-refractivity contribution in [2.75, 3.05) is 18.8 Å². The van der Waals surface area contributed by atoms with E-state index in [1.807, 2.05) is 30.3 Å². The number of carbonyl (C=O) groups excluding carboxylic acids is 1. The Morgan fingerprint density at radius 2 is 2.05 bits per heavy atom. The van der Waals surface area contributed by atoms with E-state index in [4.69, 9.17) is 0 Å². The molecule has 0 radical (unpaired) electrons. The lowest BCUT2D eigenvalue weighted by Crippen LogP contribution is -2.47. The van der Waals surface area contributed by atoms with Gasteiger partial charge in [-0.3, -0.25) is 4.79 Å². The molecule has 0 aromatic heterocycles. The van der Waals surface area contributed by atoms with E-state index in [-0.39, 0.29) is 18.2 Å². The number of amides is 1. The van der Waals surface area contributed by atoms with Crippen LogP contribution in [0.15, 0.2) is 42.5 Å². The average molecular weight is 308 g/mol. The van der Waals surface area contributed by atoms with Gasteiger partial charge in [0.05, 0.1) is 5.75 Å². The van der Waals surface area contributed by atoms with Gasteiger partial charge in [0.15, 0.2) is 0 Å². The Balaban J connectivity index is 1.89. The number of benzene rings is 1. The molecule has 21 heavy (non-hydrogen) atoms. The van der Waals surface area contributed by atoms with Gasteiger partial charge in [-0.2, -0.15) is 4.31 Å². The molecule has 1 aromatic rings. The molecule has 2 rings (SSSR count). The van der Waals surface area contributed by atoms with Gasteiger partial charge in [0.1, 0.15) is 6.04 Å². The maximum Gasteiger partial charge on any atom is 0.242 e. The summed E-state index contributed by atoms with van der Waals surface area (Å²) in [5.74, 6) is -0.264. The minimum Gasteiger partial charge on any atom is -0.354 e. The van der Waals surface area contributed by atoms with E-state index < -0.39 is 16.1 Å². The summed E-state index contributed by atoms with van der Waals surface area (Å²) in [4.78, 5) is 12.1. The molecule has 0 bridgehead atoms. The first-order chi connectivity index (χ1) is 10.0. The third kappa shape index (κ3) is 3.92. The highest BCUT2D eigenvalue weighted by Gasteiger charge is 2.34. The second-order valence-electron chi connectivity index (χ2n) is 4.87. The van der Waals surface area contributed by atoms with Crippen molar-refractivity contribution in [1.82, 2.24) is 9.62 Å². The van der Waals surface area contributed by atoms with Crippen LogP contribution >= 0.6 is 0 Å². The quantitative estimate of drug-likeness (QED) is 0.795. The van der Waals surface area contributed by atoms with Gasteiger partial charge in [-0.05, 0) is 18.9 Å². The molecule has 1 heterocycles. The summed E-state index contributed by atoms with van der Waals surface area (Å²) in [5, 5.41) is 2.80. The largest absolute Gasteiger partial charge is 0.354 e. The number of rotatable bonds is 6. The molecule has 0 saturated heterocycles. The Bertz CT molecular complexity index is 611. The van der Waals surface area contributed by atoms with Crippen LogP contribution in [0, 0.1) is 0 Å². The van der Waals surface area contributed by atoms with Gasteiger partial charge in [0.2, 0.25) is 15.9 Å². The molecule has 1 amide bonds. The number of hydrogen-bond donors (Lipinski definition) is 1. The van der Waals surface area contributed by atoms with E-state index in [9.17, 15) is 13.2 Å². The number of hydrogen-bond acceptors (Lipinski definition) is 3. The number of nitrogens with zero attached hydrogens (tertiary/aromatic N) is 1. The summed E-state index contributed by atoms with van der Waals surface area (Å²) in [7, 11) is -3.36. The van der Waals surface area contributed by atoms with Crippen LogP contribution in [0.3, 0.4) is 0 Å². The van der Waals surface area contributed by atoms with Crippen LogP contribution in [-0.4, -0.2) is 43.5 Å². The summed E-state index contributed by atoms with van der Waals surface area (Å²) >= 11 is 0. The highest BCUT2D eigenvalue weighted by atomic mass is 32.2. The summed E-state index contributed by atoms with van der Waals surface area (Å²) < 4.78 is 25.1. The van der Waals surface area contributed by atoms with Gasteiger partial charge in [-0.25, -0.2) is 8.42 Å². The molecular formula is C15H20N2O3S. The Morgan fingerprint density at radius 1 is 1.33 bits per heavy atom. The molecular weight excluding hydrogens is 288 g/mol. The Labute approximate surface area is 125 Å². The predicted octanol–water partition coefficient (Wildman–Crippen LogP) is 0.935. The van der Waals surface area contributed by atoms with Gasteiger partial charge in [-0.15, -0.1) is 0 Å². The first-order valence-electron chi connectivity index (χ1n) is 7.02. The highest BCUT2D eigenvalue weighted by Crippen LogP contribution is 2.15. The predicted molar refractivity (Wildman–Crippen MR) is 82.3 cm³/mol. The second-order valence-corrected chi connectivity index (χ2v) is 7.08. The zero-order valence-corrected chi connectivity index (χ0v) is 12.8. The van der Waals surface area contributed by atoms with Gasteiger partial charge >= 0.3 is 0 Å². The number of sulfonamides is 1. The third-order valence-electron chi connectivity index (χ3n) is 3.46. The standard InChI is InChI=1S/C15H20N2O3S/c1-2-21(19,20)17-12-6-9-14(17)15(18)16-11-10-13-7-4-3-5-8-13/h3-9,14H,2,10-12H2,1H3,(H,16,18)/t14-/m0/s1. The fourth-order valence-electron chi connectivity index (χ4n) is 2.25. The molecule has 0 spiro atoms. The Hall–Kier alpha value is -1.66. The Kier molecular flexibility index (Phi) is 5.14. The van der Waals surface area contributed by atoms with Crippen molar-refractivity contribution in [2.24, 2.45) is 0 Å². The second kappa shape index (κ2) is 6.87. The molecule has 114 valence electrons. The van der Waals surface area contributed by atoms with Crippen molar-refractivity contribution in [2.45, 2.75) is 19.4 Å². The van der Waals surface area contributed by atoms with Crippen molar-refractivity contribution in [3.8, 4) is 0 Å². The lowest BCUT2D eigenvalue weighted by atomic mass is 10.1. The lowest BCUT2D eigenvalue weighted by Gasteiger charge is -2.22. The highest BCUT2D eigenvalue weighted by molar-refractivity contribution is 7.89. The molecule has 1 aliphatic heterocycles. The van der Waals surface area contributed by atoms with Crippen molar-refractivity contribution in [3.05, 3.63) is 48.0 Å². The number of carbonyl (C=O) groups is 1. The van der Waals surface area contributed by atoms with E-state index in [0.717, 1.165) is 12.0 Å². The SMILES string of the molecule is CCS(=O)(=O)N1CC=C[C@H]1C(=O)NCCc1ccccc1. The molecule has 1 aliphatic rings. The van der Waals surface area contributed by atoms with Crippen LogP contribution in [0.25, 0.3) is 0 Å². The molecule has 6 heteroatoms. The molecule has 1 aromatic carbocycles. The first-order valence-corrected chi connectivity index (χ1v) is 8.63. The summed E-state index contributed by atoms with van der Waals surface area (Å²) in [6.07, 6.45) is 4.09. The zero-order chi connectivity index (χ0) is 15.3. The van der Waals surface area contributed by atoms with Crippen LogP contribution in [0.2, 0.25) is 0 Å². The van der Waals surface area contributed by atoms with E-state index >= 15 is 0 Å². The normalized spacial score (nSPS) is 18.8. The number of nitrogens with one attached hydrogen (secondary N) is 1. The fraction of sp³-hybridized carbons (Fsp3) is 0.400. The first kappa shape index (κ1) is 15.7. The lowest BCUT2D eigenvalue weighted by molar-refractivity contribution is -0.123. The summed E-state index contributed by atoms with van der Waals surface area (Å²) in [6, 6.07) is 9.12. The molecule has 1 atom stereocenters. The molecule has 0 saturated carbocycles. The fourth-order valence-corrected chi connectivity index (χ4v) is 3.41. The van der Waals surface area contributed by atoms with E-state index in [1.54, 1.807) is 19.1 Å². The minimum atomic E-state index is -3.36. The van der Waals surface area contributed by atoms with Gasteiger partial charge in [0.25, 0.3) is 0 Å². The summed E-state index contributed by atoms with van der Waals surface area (Å²) in [6.45, 7) is 2.35. The van der Waals surface area contributed by atoms with Crippen molar-refractivity contribution < 1.29 is 13.2 Å². The van der Waals surface area contributed by atoms with Crippen molar-refractivity contribution in [1.29, 1.82) is 0 Å². The smallest absolute Gasteiger partial charge is 0.242 e. The minimum absolute atomic E-state index is 0.00246. The third-order valence-corrected chi connectivity index (χ3v) is 5.28. The van der Waals surface area contributed by atoms with E-state index in [1.165, 1.54) is 4.31 Å². The molecule has 0 unspecified atom stereocenters. The maximum atomic E-state index is 12.1. The monoisotopic (exact) mass is 308 g/mol. The van der Waals surface area contributed by atoms with Gasteiger partial charge < -0.3 is 5.32 Å². The van der Waals surface area contributed by atoms with Crippen LogP contribution in [0.4, 0.5) is 0 Å². The molecule has 1 N–H and O–H groups in total. The molecule has 0 aliphatic carbocycles. The van der Waals surface area contributed by atoms with Crippen LogP contribution < -0.4 is 5.32 Å². The van der Waals surface area contributed by atoms with Crippen molar-refractivity contribution in [3.63, 3.8) is 0 Å². The molecule has 0 fully saturated rings. The van der Waals surface area contributed by atoms with E-state index in [2.05, 4.69) is 5.32 Å². The zero-order valence-electron chi connectivity index (χ0n) is 12.0. The average Bonchev–Trinajstić information content (AvgIpc) is 2.98. The van der Waals surface area contributed by atoms with Crippen LogP contribution in [-0.2, 0) is 21.2 Å². The van der Waals surface area contributed by atoms with Crippen LogP contribution in [0.5, 0.6) is 0 Å². The maximum absolute atomic E-state index is 12.1. The van der Waals surface area contributed by atoms with Gasteiger partial charge in [-0.1, -0.05) is 42.5 Å². The molecule has 5 nitrogen and oxygen atoms in total. The van der Waals surface area contributed by atoms with Crippen molar-refractivity contribution >= 4 is 15.9 Å². The van der Waals surface area contributed by atoms with Gasteiger partial charge in [0, 0.05) is 13.1 Å². The summed E-state index contributed by atoms with van der Waals surface area (Å²) in [5.41, 5.74) is 1.14. The Morgan fingerprint density at radius 3 is 2.71 bits per heavy atom.